The Bertz CT molecular complexity index is 827. The summed E-state index contributed by atoms with van der Waals surface area (Å²) >= 11 is 0. The summed E-state index contributed by atoms with van der Waals surface area (Å²) < 4.78 is 0. The predicted molar refractivity (Wildman–Crippen MR) is 104 cm³/mol. The Kier molecular flexibility index (Phi) is 4.94. The molecule has 1 saturated heterocycles. The highest BCUT2D eigenvalue weighted by Gasteiger charge is 2.48. The molecule has 2 aromatic rings. The number of rotatable bonds is 5. The molecule has 1 N–H and O–H groups in total. The molecule has 0 bridgehead atoms. The molecule has 3 rings (SSSR count). The molecule has 0 saturated carbocycles. The van der Waals surface area contributed by atoms with Gasteiger partial charge in [-0.1, -0.05) is 69.0 Å². The minimum absolute atomic E-state index is 0.0492. The highest BCUT2D eigenvalue weighted by Crippen LogP contribution is 2.48. The van der Waals surface area contributed by atoms with E-state index in [0.29, 0.717) is 5.69 Å². The fraction of sp³-hybridized carbons (Fsp3) is 0.273. The second kappa shape index (κ2) is 7.16. The van der Waals surface area contributed by atoms with Gasteiger partial charge in [0.2, 0.25) is 11.8 Å². The Morgan fingerprint density at radius 1 is 1.15 bits per heavy atom. The van der Waals surface area contributed by atoms with Gasteiger partial charge < -0.3 is 10.2 Å². The molecule has 2 amide bonds. The first-order valence-corrected chi connectivity index (χ1v) is 8.78. The number of nitrogens with zero attached hydrogens (tertiary/aromatic N) is 1. The molecular formula is C22H24N2O2. The van der Waals surface area contributed by atoms with E-state index in [1.807, 2.05) is 41.3 Å². The fourth-order valence-corrected chi connectivity index (χ4v) is 3.67. The second-order valence-electron chi connectivity index (χ2n) is 7.35. The molecular weight excluding hydrogens is 324 g/mol. The van der Waals surface area contributed by atoms with Gasteiger partial charge in [0, 0.05) is 17.6 Å². The molecule has 1 aliphatic rings. The highest BCUT2D eigenvalue weighted by atomic mass is 16.2. The number of hydrogen-bond donors (Lipinski definition) is 1. The minimum Gasteiger partial charge on any atom is -0.334 e. The van der Waals surface area contributed by atoms with Crippen LogP contribution in [0, 0.1) is 5.41 Å². The van der Waals surface area contributed by atoms with Crippen molar-refractivity contribution in [2.75, 3.05) is 11.9 Å². The molecule has 134 valence electrons. The Balaban J connectivity index is 1.79. The van der Waals surface area contributed by atoms with Crippen LogP contribution in [0.4, 0.5) is 5.69 Å². The first kappa shape index (κ1) is 17.9. The van der Waals surface area contributed by atoms with Crippen LogP contribution >= 0.6 is 0 Å². The average Bonchev–Trinajstić information content (AvgIpc) is 2.62. The lowest BCUT2D eigenvalue weighted by Gasteiger charge is -2.54. The molecule has 1 aliphatic heterocycles. The number of hydrogen-bond acceptors (Lipinski definition) is 2. The van der Waals surface area contributed by atoms with Gasteiger partial charge in [-0.15, -0.1) is 0 Å². The maximum atomic E-state index is 13.0. The third kappa shape index (κ3) is 3.54. The van der Waals surface area contributed by atoms with Crippen LogP contribution in [0.2, 0.25) is 0 Å². The number of carbonyl (C=O) groups is 2. The van der Waals surface area contributed by atoms with Crippen molar-refractivity contribution in [2.24, 2.45) is 5.41 Å². The first-order valence-electron chi connectivity index (χ1n) is 8.78. The van der Waals surface area contributed by atoms with E-state index in [-0.39, 0.29) is 29.7 Å². The zero-order valence-corrected chi connectivity index (χ0v) is 15.2. The van der Waals surface area contributed by atoms with Crippen LogP contribution in [-0.4, -0.2) is 23.3 Å². The summed E-state index contributed by atoms with van der Waals surface area (Å²) in [5, 5.41) is 2.77. The largest absolute Gasteiger partial charge is 0.334 e. The average molecular weight is 348 g/mol. The SMILES string of the molecule is C=CC(=O)Nc1ccccc1CC(=O)N1CC(C)(C)C1c1ccccc1. The normalized spacial score (nSPS) is 17.9. The summed E-state index contributed by atoms with van der Waals surface area (Å²) in [5.74, 6) is -0.212. The number of para-hydroxylation sites is 1. The van der Waals surface area contributed by atoms with Crippen molar-refractivity contribution in [1.29, 1.82) is 0 Å². The molecule has 0 aliphatic carbocycles. The molecule has 0 aromatic heterocycles. The van der Waals surface area contributed by atoms with Crippen LogP contribution in [0.15, 0.2) is 67.3 Å². The molecule has 1 fully saturated rings. The molecule has 1 atom stereocenters. The number of likely N-dealkylation sites (tertiary alicyclic amines) is 1. The van der Waals surface area contributed by atoms with Gasteiger partial charge in [-0.2, -0.15) is 0 Å². The lowest BCUT2D eigenvalue weighted by atomic mass is 9.71. The number of amides is 2. The van der Waals surface area contributed by atoms with Crippen molar-refractivity contribution in [3.63, 3.8) is 0 Å². The first-order chi connectivity index (χ1) is 12.4. The number of carbonyl (C=O) groups excluding carboxylic acids is 2. The van der Waals surface area contributed by atoms with Crippen molar-refractivity contribution in [2.45, 2.75) is 26.3 Å². The second-order valence-corrected chi connectivity index (χ2v) is 7.35. The minimum atomic E-state index is -0.280. The smallest absolute Gasteiger partial charge is 0.247 e. The van der Waals surface area contributed by atoms with Crippen LogP contribution in [0.25, 0.3) is 0 Å². The van der Waals surface area contributed by atoms with Crippen molar-refractivity contribution >= 4 is 17.5 Å². The van der Waals surface area contributed by atoms with Gasteiger partial charge in [0.25, 0.3) is 0 Å². The van der Waals surface area contributed by atoms with E-state index in [4.69, 9.17) is 0 Å². The Labute approximate surface area is 154 Å². The fourth-order valence-electron chi connectivity index (χ4n) is 3.67. The topological polar surface area (TPSA) is 49.4 Å². The van der Waals surface area contributed by atoms with Crippen molar-refractivity contribution in [3.05, 3.63) is 78.4 Å². The molecule has 2 aromatic carbocycles. The Morgan fingerprint density at radius 2 is 1.81 bits per heavy atom. The van der Waals surface area contributed by atoms with Crippen LogP contribution in [-0.2, 0) is 16.0 Å². The van der Waals surface area contributed by atoms with E-state index in [2.05, 4.69) is 37.9 Å². The third-order valence-electron chi connectivity index (χ3n) is 4.87. The molecule has 4 nitrogen and oxygen atoms in total. The zero-order chi connectivity index (χ0) is 18.7. The maximum Gasteiger partial charge on any atom is 0.247 e. The van der Waals surface area contributed by atoms with Crippen LogP contribution < -0.4 is 5.32 Å². The zero-order valence-electron chi connectivity index (χ0n) is 15.2. The van der Waals surface area contributed by atoms with Crippen LogP contribution in [0.3, 0.4) is 0 Å². The summed E-state index contributed by atoms with van der Waals surface area (Å²) in [5.41, 5.74) is 2.67. The maximum absolute atomic E-state index is 13.0. The highest BCUT2D eigenvalue weighted by molar-refractivity contribution is 5.99. The van der Waals surface area contributed by atoms with Gasteiger partial charge >= 0.3 is 0 Å². The van der Waals surface area contributed by atoms with Crippen molar-refractivity contribution in [1.82, 2.24) is 4.90 Å². The van der Waals surface area contributed by atoms with Gasteiger partial charge in [0.05, 0.1) is 12.5 Å². The van der Waals surface area contributed by atoms with E-state index < -0.39 is 0 Å². The molecule has 26 heavy (non-hydrogen) atoms. The molecule has 0 radical (unpaired) electrons. The van der Waals surface area contributed by atoms with E-state index in [1.54, 1.807) is 6.07 Å². The van der Waals surface area contributed by atoms with Gasteiger partial charge in [0.15, 0.2) is 0 Å². The Morgan fingerprint density at radius 3 is 2.46 bits per heavy atom. The molecule has 4 heteroatoms. The summed E-state index contributed by atoms with van der Waals surface area (Å²) in [6.07, 6.45) is 1.48. The monoisotopic (exact) mass is 348 g/mol. The summed E-state index contributed by atoms with van der Waals surface area (Å²) in [4.78, 5) is 26.5. The lowest BCUT2D eigenvalue weighted by molar-refractivity contribution is -0.151. The number of nitrogens with one attached hydrogen (secondary N) is 1. The summed E-state index contributed by atoms with van der Waals surface area (Å²) in [6.45, 7) is 8.57. The van der Waals surface area contributed by atoms with Gasteiger partial charge in [-0.3, -0.25) is 9.59 Å². The van der Waals surface area contributed by atoms with Crippen LogP contribution in [0.5, 0.6) is 0 Å². The lowest BCUT2D eigenvalue weighted by Crippen LogP contribution is -2.58. The van der Waals surface area contributed by atoms with Crippen LogP contribution in [0.1, 0.15) is 31.0 Å². The summed E-state index contributed by atoms with van der Waals surface area (Å²) in [6, 6.07) is 17.6. The van der Waals surface area contributed by atoms with Gasteiger partial charge in [-0.25, -0.2) is 0 Å². The van der Waals surface area contributed by atoms with E-state index in [0.717, 1.165) is 17.7 Å². The Hall–Kier alpha value is -2.88. The molecule has 1 unspecified atom stereocenters. The predicted octanol–water partition coefficient (Wildman–Crippen LogP) is 3.96. The van der Waals surface area contributed by atoms with Crippen molar-refractivity contribution < 1.29 is 9.59 Å². The van der Waals surface area contributed by atoms with Gasteiger partial charge in [-0.05, 0) is 23.3 Å². The quantitative estimate of drug-likeness (QED) is 0.832. The molecule has 0 spiro atoms. The molecule has 1 heterocycles. The standard InChI is InChI=1S/C22H24N2O2/c1-4-19(25)23-18-13-9-8-12-17(18)14-20(26)24-15-22(2,3)21(24)16-10-6-5-7-11-16/h4-13,21H,1,14-15H2,2-3H3,(H,23,25). The summed E-state index contributed by atoms with van der Waals surface area (Å²) in [7, 11) is 0. The van der Waals surface area contributed by atoms with E-state index >= 15 is 0 Å². The van der Waals surface area contributed by atoms with Gasteiger partial charge in [0.1, 0.15) is 0 Å². The third-order valence-corrected chi connectivity index (χ3v) is 4.87. The number of benzene rings is 2. The number of anilines is 1. The van der Waals surface area contributed by atoms with Crippen molar-refractivity contribution in [3.8, 4) is 0 Å². The van der Waals surface area contributed by atoms with E-state index in [1.165, 1.54) is 6.08 Å². The van der Waals surface area contributed by atoms with E-state index in [9.17, 15) is 9.59 Å².